The quantitative estimate of drug-likeness (QED) is 0.0715. The van der Waals surface area contributed by atoms with Crippen molar-refractivity contribution in [2.75, 3.05) is 0 Å². The number of fused-ring (bicyclic) bond motifs is 1. The van der Waals surface area contributed by atoms with E-state index in [1.807, 2.05) is 13.8 Å². The van der Waals surface area contributed by atoms with Crippen LogP contribution < -0.4 is 46.5 Å². The highest BCUT2D eigenvalue weighted by Gasteiger charge is 2.46. The number of rotatable bonds is 18. The van der Waals surface area contributed by atoms with Crippen LogP contribution in [0.4, 0.5) is 0 Å². The predicted octanol–water partition coefficient (Wildman–Crippen LogP) is -0.853. The molecule has 5 rings (SSSR count). The van der Waals surface area contributed by atoms with E-state index in [0.717, 1.165) is 56.7 Å². The molecule has 0 amide bonds. The number of allylic oxidation sites excluding steroid dienone is 1. The topological polar surface area (TPSA) is 115 Å². The molecule has 9 nitrogen and oxygen atoms in total. The van der Waals surface area contributed by atoms with Crippen molar-refractivity contribution in [2.24, 2.45) is 5.73 Å². The van der Waals surface area contributed by atoms with Crippen LogP contribution in [-0.2, 0) is 9.53 Å². The monoisotopic (exact) mass is 712 g/mol. The molecule has 0 spiro atoms. The molecule has 276 valence electrons. The van der Waals surface area contributed by atoms with Gasteiger partial charge in [0, 0.05) is 19.3 Å². The minimum Gasteiger partial charge on any atom is -1.00 e. The van der Waals surface area contributed by atoms with E-state index in [2.05, 4.69) is 38.9 Å². The Balaban J connectivity index is 0.00000312. The maximum absolute atomic E-state index is 13.5. The number of ether oxygens (including phenoxy) is 1. The number of nitrogens with two attached hydrogens (primary N) is 1. The molecule has 2 fully saturated rings. The van der Waals surface area contributed by atoms with Crippen molar-refractivity contribution in [3.63, 3.8) is 0 Å². The number of halogens is 2. The van der Waals surface area contributed by atoms with Gasteiger partial charge in [0.2, 0.25) is 0 Å². The van der Waals surface area contributed by atoms with Gasteiger partial charge in [0.15, 0.2) is 0 Å². The minimum atomic E-state index is -0.334. The number of unbranched alkanes of at least 4 members (excludes halogenated alkanes) is 8. The van der Waals surface area contributed by atoms with E-state index in [4.69, 9.17) is 10.5 Å². The van der Waals surface area contributed by atoms with Gasteiger partial charge in [0.05, 0.1) is 48.1 Å². The van der Waals surface area contributed by atoms with E-state index in [1.165, 1.54) is 83.0 Å². The fraction of sp³-hybridized carbons (Fsp3) is 0.865. The molecule has 0 aromatic heterocycles. The number of hydrogen-bond acceptors (Lipinski definition) is 7. The summed E-state index contributed by atoms with van der Waals surface area (Å²) in [5.74, 6) is 1.66. The van der Waals surface area contributed by atoms with E-state index < -0.39 is 0 Å². The van der Waals surface area contributed by atoms with Crippen LogP contribution in [0.15, 0.2) is 11.3 Å². The van der Waals surface area contributed by atoms with Crippen molar-refractivity contribution in [3.8, 4) is 0 Å². The summed E-state index contributed by atoms with van der Waals surface area (Å²) in [6.45, 7) is 8.51. The SMILES string of the molecule is CCCCCCCCC[C@H](O)C[C@@H]1CC[C@H]2C(C(=O)O[C@H](C)CCCCC[C@H]3C[C@H]4CC[C@H]5C[C@@H](C)NC(=[N+]45)N3)=C(C)NC(N)=[N+]12.[Cl-].[Cl-]. The van der Waals surface area contributed by atoms with Gasteiger partial charge in [-0.3, -0.25) is 25.5 Å². The summed E-state index contributed by atoms with van der Waals surface area (Å²) >= 11 is 0. The molecule has 0 radical (unpaired) electrons. The highest BCUT2D eigenvalue weighted by atomic mass is 35.5. The van der Waals surface area contributed by atoms with Crippen molar-refractivity contribution < 1.29 is 48.6 Å². The van der Waals surface area contributed by atoms with Crippen molar-refractivity contribution in [1.82, 2.24) is 16.0 Å². The molecule has 0 aromatic carbocycles. The predicted molar refractivity (Wildman–Crippen MR) is 185 cm³/mol. The average Bonchev–Trinajstić information content (AvgIpc) is 3.61. The van der Waals surface area contributed by atoms with Crippen molar-refractivity contribution in [3.05, 3.63) is 11.3 Å². The number of carbonyl (C=O) groups is 1. The molecule has 11 heteroatoms. The fourth-order valence-electron chi connectivity index (χ4n) is 9.15. The Morgan fingerprint density at radius 2 is 1.58 bits per heavy atom. The summed E-state index contributed by atoms with van der Waals surface area (Å²) in [5, 5.41) is 21.6. The number of carbonyl (C=O) groups excluding carboxylic acids is 1. The molecule has 48 heavy (non-hydrogen) atoms. The zero-order valence-electron chi connectivity index (χ0n) is 30.3. The number of nitrogens with zero attached hydrogens (tertiary/aromatic N) is 2. The first-order valence-corrected chi connectivity index (χ1v) is 19.2. The first-order valence-electron chi connectivity index (χ1n) is 19.2. The van der Waals surface area contributed by atoms with Gasteiger partial charge in [0.25, 0.3) is 0 Å². The number of nitrogens with one attached hydrogen (secondary N) is 3. The summed E-state index contributed by atoms with van der Waals surface area (Å²) < 4.78 is 10.8. The summed E-state index contributed by atoms with van der Waals surface area (Å²) in [7, 11) is 0. The van der Waals surface area contributed by atoms with E-state index in [1.54, 1.807) is 0 Å². The van der Waals surface area contributed by atoms with Gasteiger partial charge in [0.1, 0.15) is 11.6 Å². The number of aliphatic hydroxyl groups excluding tert-OH is 1. The van der Waals surface area contributed by atoms with E-state index in [-0.39, 0.29) is 55.1 Å². The second kappa shape index (κ2) is 19.6. The molecule has 5 aliphatic rings. The maximum Gasteiger partial charge on any atom is 0.348 e. The van der Waals surface area contributed by atoms with E-state index >= 15 is 0 Å². The number of hydrogen-bond donors (Lipinski definition) is 5. The molecular formula is C37H66Cl2N6O3. The second-order valence-electron chi connectivity index (χ2n) is 15.4. The Morgan fingerprint density at radius 1 is 0.917 bits per heavy atom. The molecule has 5 heterocycles. The lowest BCUT2D eigenvalue weighted by Gasteiger charge is -2.35. The molecule has 0 saturated carbocycles. The van der Waals surface area contributed by atoms with Gasteiger partial charge in [-0.2, -0.15) is 0 Å². The summed E-state index contributed by atoms with van der Waals surface area (Å²) in [4.78, 5) is 13.5. The molecule has 0 aliphatic carbocycles. The maximum atomic E-state index is 13.5. The Labute approximate surface area is 303 Å². The molecule has 0 unspecified atom stereocenters. The van der Waals surface area contributed by atoms with Crippen LogP contribution >= 0.6 is 0 Å². The Morgan fingerprint density at radius 3 is 2.33 bits per heavy atom. The fourth-order valence-corrected chi connectivity index (χ4v) is 9.15. The Hall–Kier alpha value is -1.71. The minimum absolute atomic E-state index is 0. The third kappa shape index (κ3) is 10.4. The van der Waals surface area contributed by atoms with Gasteiger partial charge in [-0.05, 0) is 72.1 Å². The first-order chi connectivity index (χ1) is 22.2. The van der Waals surface area contributed by atoms with E-state index in [9.17, 15) is 9.90 Å². The van der Waals surface area contributed by atoms with Crippen LogP contribution in [0.1, 0.15) is 156 Å². The molecule has 0 bridgehead atoms. The van der Waals surface area contributed by atoms with Crippen molar-refractivity contribution in [2.45, 2.75) is 205 Å². The van der Waals surface area contributed by atoms with Crippen molar-refractivity contribution in [1.29, 1.82) is 0 Å². The van der Waals surface area contributed by atoms with Crippen LogP contribution in [0.2, 0.25) is 0 Å². The highest BCUT2D eigenvalue weighted by Crippen LogP contribution is 2.33. The average molecular weight is 714 g/mol. The summed E-state index contributed by atoms with van der Waals surface area (Å²) in [6.07, 6.45) is 22.3. The molecule has 0 aromatic rings. The Kier molecular flexibility index (Phi) is 16.6. The molecule has 5 aliphatic heterocycles. The lowest BCUT2D eigenvalue weighted by atomic mass is 9.97. The van der Waals surface area contributed by atoms with Gasteiger partial charge in [-0.1, -0.05) is 64.7 Å². The standard InChI is InChI=1S/C37H64N6O3.2ClH/c1-5-6-7-8-9-10-14-17-32(44)24-31-20-21-33-34(27(4)40-36(38)43(31)33)35(45)46-26(3)15-12-11-13-16-28-23-30-19-18-29-22-25(2)39-37(41-28)42(29)30;;/h25-26,28-33,44H,5-24H2,1-4H3,(H3,38,39,40,41,45);2*1H/t25-,26-,28+,29+,30-,31+,32+,33+;;/m1../s1. The molecule has 6 N–H and O–H groups in total. The normalized spacial score (nSPS) is 28.7. The number of aliphatic hydroxyl groups is 1. The van der Waals surface area contributed by atoms with Crippen LogP contribution in [-0.4, -0.2) is 80.6 Å². The van der Waals surface area contributed by atoms with E-state index in [0.29, 0.717) is 36.1 Å². The highest BCUT2D eigenvalue weighted by molar-refractivity contribution is 5.93. The van der Waals surface area contributed by atoms with Crippen molar-refractivity contribution >= 4 is 17.9 Å². The number of guanidine groups is 2. The van der Waals surface area contributed by atoms with Crippen LogP contribution in [0.3, 0.4) is 0 Å². The second-order valence-corrected chi connectivity index (χ2v) is 15.4. The Bertz CT molecular complexity index is 1150. The third-order valence-corrected chi connectivity index (χ3v) is 11.5. The zero-order valence-corrected chi connectivity index (χ0v) is 31.8. The van der Waals surface area contributed by atoms with Crippen LogP contribution in [0.25, 0.3) is 0 Å². The number of esters is 1. The first kappa shape index (κ1) is 40.7. The summed E-state index contributed by atoms with van der Waals surface area (Å²) in [5.41, 5.74) is 7.98. The van der Waals surface area contributed by atoms with Gasteiger partial charge >= 0.3 is 17.9 Å². The van der Waals surface area contributed by atoms with Crippen LogP contribution in [0, 0.1) is 0 Å². The molecule has 8 atom stereocenters. The molecule has 2 saturated heterocycles. The summed E-state index contributed by atoms with van der Waals surface area (Å²) in [6, 6.07) is 2.60. The zero-order chi connectivity index (χ0) is 32.6. The smallest absolute Gasteiger partial charge is 0.348 e. The largest absolute Gasteiger partial charge is 1.00 e. The van der Waals surface area contributed by atoms with Gasteiger partial charge in [-0.25, -0.2) is 10.1 Å². The third-order valence-electron chi connectivity index (χ3n) is 11.5. The lowest BCUT2D eigenvalue weighted by Crippen LogP contribution is -3.00. The van der Waals surface area contributed by atoms with Gasteiger partial charge in [-0.15, -0.1) is 0 Å². The molecular weight excluding hydrogens is 647 g/mol. The van der Waals surface area contributed by atoms with Crippen LogP contribution in [0.5, 0.6) is 0 Å². The lowest BCUT2D eigenvalue weighted by molar-refractivity contribution is -0.593. The van der Waals surface area contributed by atoms with Gasteiger partial charge < -0.3 is 34.7 Å².